The lowest BCUT2D eigenvalue weighted by molar-refractivity contribution is -0.140. The van der Waals surface area contributed by atoms with E-state index >= 15 is 0 Å². The molecule has 0 radical (unpaired) electrons. The summed E-state index contributed by atoms with van der Waals surface area (Å²) in [6, 6.07) is 0. The van der Waals surface area contributed by atoms with Crippen LogP contribution < -0.4 is 0 Å². The third-order valence-electron chi connectivity index (χ3n) is 1.11. The van der Waals surface area contributed by atoms with Crippen LogP contribution in [0.2, 0.25) is 0 Å². The molecule has 0 aromatic heterocycles. The number of aliphatic carboxylic acids is 2. The summed E-state index contributed by atoms with van der Waals surface area (Å²) in [5.41, 5.74) is 0. The van der Waals surface area contributed by atoms with E-state index < -0.39 is 11.9 Å². The fourth-order valence-electron chi connectivity index (χ4n) is 0.596. The van der Waals surface area contributed by atoms with E-state index in [1.807, 2.05) is 13.8 Å². The number of carboxylic acid groups (broad SMARTS) is 2. The lowest BCUT2D eigenvalue weighted by atomic mass is 10.4. The summed E-state index contributed by atoms with van der Waals surface area (Å²) in [7, 11) is 1.57. The Hall–Kier alpha value is -1.10. The lowest BCUT2D eigenvalue weighted by Crippen LogP contribution is -2.27. The minimum atomic E-state index is -0.946. The maximum absolute atomic E-state index is 10.1. The molecule has 0 amide bonds. The van der Waals surface area contributed by atoms with Crippen molar-refractivity contribution in [2.45, 2.75) is 20.3 Å². The van der Waals surface area contributed by atoms with Gasteiger partial charge in [-0.3, -0.25) is 14.5 Å². The van der Waals surface area contributed by atoms with E-state index in [9.17, 15) is 9.59 Å². The molecular weight excluding hydrogens is 174 g/mol. The van der Waals surface area contributed by atoms with Crippen LogP contribution in [0.1, 0.15) is 20.3 Å². The predicted octanol–water partition coefficient (Wildman–Crippen LogP) is 0.504. The minimum Gasteiger partial charge on any atom is -0.481 e. The van der Waals surface area contributed by atoms with E-state index in [1.165, 1.54) is 4.90 Å². The van der Waals surface area contributed by atoms with E-state index in [0.717, 1.165) is 0 Å². The van der Waals surface area contributed by atoms with Gasteiger partial charge < -0.3 is 10.2 Å². The molecule has 0 fully saturated rings. The van der Waals surface area contributed by atoms with Crippen LogP contribution in [0.4, 0.5) is 0 Å². The molecule has 5 heteroatoms. The number of hydrogen-bond acceptors (Lipinski definition) is 3. The van der Waals surface area contributed by atoms with Gasteiger partial charge in [0.05, 0.1) is 13.0 Å². The van der Waals surface area contributed by atoms with Gasteiger partial charge in [0.2, 0.25) is 0 Å². The summed E-state index contributed by atoms with van der Waals surface area (Å²) in [5, 5.41) is 16.5. The molecule has 0 aromatic carbocycles. The van der Waals surface area contributed by atoms with Crippen LogP contribution in [0.15, 0.2) is 0 Å². The highest BCUT2D eigenvalue weighted by atomic mass is 16.4. The lowest BCUT2D eigenvalue weighted by Gasteiger charge is -2.10. The van der Waals surface area contributed by atoms with Crippen molar-refractivity contribution in [3.8, 4) is 0 Å². The second-order valence-corrected chi connectivity index (χ2v) is 2.28. The largest absolute Gasteiger partial charge is 0.481 e. The fraction of sp³-hybridized carbons (Fsp3) is 0.750. The molecule has 0 atom stereocenters. The number of hydrogen-bond donors (Lipinski definition) is 2. The first-order chi connectivity index (χ1) is 6.02. The molecule has 0 rings (SSSR count). The molecule has 13 heavy (non-hydrogen) atoms. The molecule has 0 aliphatic carbocycles. The number of carbonyl (C=O) groups is 2. The maximum atomic E-state index is 10.1. The summed E-state index contributed by atoms with van der Waals surface area (Å²) >= 11 is 0. The van der Waals surface area contributed by atoms with E-state index in [2.05, 4.69) is 0 Å². The van der Waals surface area contributed by atoms with Gasteiger partial charge >= 0.3 is 11.9 Å². The minimum absolute atomic E-state index is 0.0240. The van der Waals surface area contributed by atoms with Gasteiger partial charge in [-0.1, -0.05) is 13.8 Å². The predicted molar refractivity (Wildman–Crippen MR) is 48.7 cm³/mol. The Labute approximate surface area is 78.0 Å². The zero-order valence-electron chi connectivity index (χ0n) is 8.28. The number of nitrogens with zero attached hydrogens (tertiary/aromatic N) is 1. The molecule has 0 bridgehead atoms. The van der Waals surface area contributed by atoms with Gasteiger partial charge in [0.25, 0.3) is 0 Å². The Balaban J connectivity index is 0. The van der Waals surface area contributed by atoms with Crippen LogP contribution >= 0.6 is 0 Å². The van der Waals surface area contributed by atoms with Crippen LogP contribution in [-0.4, -0.2) is 47.2 Å². The van der Waals surface area contributed by atoms with E-state index in [0.29, 0.717) is 0 Å². The standard InChI is InChI=1S/C6H11NO4.C2H6/c1-7(4-6(10)11)3-2-5(8)9;1-2/h2-4H2,1H3,(H,8,9)(H,10,11);1-2H3. The Morgan fingerprint density at radius 3 is 1.92 bits per heavy atom. The van der Waals surface area contributed by atoms with Crippen molar-refractivity contribution in [3.63, 3.8) is 0 Å². The Bertz CT molecular complexity index is 158. The number of rotatable bonds is 5. The zero-order valence-corrected chi connectivity index (χ0v) is 8.28. The summed E-state index contributed by atoms with van der Waals surface area (Å²) in [5.74, 6) is -1.86. The van der Waals surface area contributed by atoms with Crippen molar-refractivity contribution >= 4 is 11.9 Å². The molecule has 78 valence electrons. The molecule has 0 aliphatic heterocycles. The van der Waals surface area contributed by atoms with Crippen LogP contribution in [0.25, 0.3) is 0 Å². The summed E-state index contributed by atoms with van der Waals surface area (Å²) in [6.45, 7) is 4.15. The van der Waals surface area contributed by atoms with Crippen LogP contribution in [0, 0.1) is 0 Å². The first kappa shape index (κ1) is 14.4. The van der Waals surface area contributed by atoms with Gasteiger partial charge in [-0.15, -0.1) is 0 Å². The number of carboxylic acids is 2. The Morgan fingerprint density at radius 2 is 1.62 bits per heavy atom. The molecule has 0 unspecified atom stereocenters. The Morgan fingerprint density at radius 1 is 1.15 bits per heavy atom. The van der Waals surface area contributed by atoms with Crippen molar-refractivity contribution in [1.29, 1.82) is 0 Å². The van der Waals surface area contributed by atoms with Crippen molar-refractivity contribution < 1.29 is 19.8 Å². The third-order valence-corrected chi connectivity index (χ3v) is 1.11. The van der Waals surface area contributed by atoms with E-state index in [1.54, 1.807) is 7.05 Å². The van der Waals surface area contributed by atoms with Gasteiger partial charge in [0, 0.05) is 6.54 Å². The highest BCUT2D eigenvalue weighted by Gasteiger charge is 2.05. The highest BCUT2D eigenvalue weighted by Crippen LogP contribution is 1.86. The van der Waals surface area contributed by atoms with Gasteiger partial charge in [-0.25, -0.2) is 0 Å². The van der Waals surface area contributed by atoms with Crippen LogP contribution in [0.5, 0.6) is 0 Å². The second-order valence-electron chi connectivity index (χ2n) is 2.28. The van der Waals surface area contributed by atoms with Gasteiger partial charge in [0.1, 0.15) is 0 Å². The van der Waals surface area contributed by atoms with Crippen LogP contribution in [-0.2, 0) is 9.59 Å². The number of likely N-dealkylation sites (N-methyl/N-ethyl adjacent to an activating group) is 1. The second kappa shape index (κ2) is 8.99. The van der Waals surface area contributed by atoms with Gasteiger partial charge in [-0.2, -0.15) is 0 Å². The Kier molecular flexibility index (Phi) is 9.98. The first-order valence-corrected chi connectivity index (χ1v) is 4.14. The molecular formula is C8H17NO4. The van der Waals surface area contributed by atoms with E-state index in [-0.39, 0.29) is 19.5 Å². The van der Waals surface area contributed by atoms with Crippen molar-refractivity contribution in [2.24, 2.45) is 0 Å². The van der Waals surface area contributed by atoms with Gasteiger partial charge in [0.15, 0.2) is 0 Å². The maximum Gasteiger partial charge on any atom is 0.317 e. The summed E-state index contributed by atoms with van der Waals surface area (Å²) < 4.78 is 0. The summed E-state index contributed by atoms with van der Waals surface area (Å²) in [4.78, 5) is 21.5. The fourth-order valence-corrected chi connectivity index (χ4v) is 0.596. The zero-order chi connectivity index (χ0) is 10.9. The molecule has 0 saturated heterocycles. The summed E-state index contributed by atoms with van der Waals surface area (Å²) in [6.07, 6.45) is -0.0240. The molecule has 0 aromatic rings. The quantitative estimate of drug-likeness (QED) is 0.661. The molecule has 0 heterocycles. The van der Waals surface area contributed by atoms with E-state index in [4.69, 9.17) is 10.2 Å². The van der Waals surface area contributed by atoms with Crippen LogP contribution in [0.3, 0.4) is 0 Å². The van der Waals surface area contributed by atoms with Gasteiger partial charge in [-0.05, 0) is 7.05 Å². The first-order valence-electron chi connectivity index (χ1n) is 4.14. The topological polar surface area (TPSA) is 77.8 Å². The van der Waals surface area contributed by atoms with Crippen molar-refractivity contribution in [2.75, 3.05) is 20.1 Å². The molecule has 2 N–H and O–H groups in total. The molecule has 5 nitrogen and oxygen atoms in total. The normalized spacial score (nSPS) is 8.92. The smallest absolute Gasteiger partial charge is 0.317 e. The molecule has 0 aliphatic rings. The molecule has 0 saturated carbocycles. The average molecular weight is 191 g/mol. The highest BCUT2D eigenvalue weighted by molar-refractivity contribution is 5.69. The third kappa shape index (κ3) is 13.8. The SMILES string of the molecule is CC.CN(CCC(=O)O)CC(=O)O. The van der Waals surface area contributed by atoms with Crippen molar-refractivity contribution in [1.82, 2.24) is 4.90 Å². The molecule has 0 spiro atoms. The monoisotopic (exact) mass is 191 g/mol. The van der Waals surface area contributed by atoms with Crippen molar-refractivity contribution in [3.05, 3.63) is 0 Å². The average Bonchev–Trinajstić information content (AvgIpc) is 2.03.